The van der Waals surface area contributed by atoms with Crippen molar-refractivity contribution in [1.29, 1.82) is 0 Å². The third kappa shape index (κ3) is 1.80. The Labute approximate surface area is 111 Å². The molecule has 18 heavy (non-hydrogen) atoms. The Morgan fingerprint density at radius 1 is 1.33 bits per heavy atom. The van der Waals surface area contributed by atoms with Crippen LogP contribution >= 0.6 is 15.9 Å². The number of nitrogens with one attached hydrogen (secondary N) is 1. The van der Waals surface area contributed by atoms with E-state index in [9.17, 15) is 4.39 Å². The molecular weight excluding hydrogens is 297 g/mol. The van der Waals surface area contributed by atoms with Crippen LogP contribution in [0.2, 0.25) is 0 Å². The summed E-state index contributed by atoms with van der Waals surface area (Å²) in [6.45, 7) is 1.97. The lowest BCUT2D eigenvalue weighted by atomic mass is 10.2. The van der Waals surface area contributed by atoms with Crippen LogP contribution in [0.25, 0.3) is 22.4 Å². The quantitative estimate of drug-likeness (QED) is 0.742. The summed E-state index contributed by atoms with van der Waals surface area (Å²) in [4.78, 5) is 11.3. The molecule has 0 aliphatic heterocycles. The van der Waals surface area contributed by atoms with Crippen LogP contribution in [-0.2, 0) is 0 Å². The molecule has 2 aromatic heterocycles. The molecule has 0 fully saturated rings. The van der Waals surface area contributed by atoms with Crippen molar-refractivity contribution in [3.63, 3.8) is 0 Å². The second-order valence-electron chi connectivity index (χ2n) is 4.06. The van der Waals surface area contributed by atoms with E-state index in [1.807, 2.05) is 19.1 Å². The Hall–Kier alpha value is -1.75. The third-order valence-corrected chi connectivity index (χ3v) is 3.23. The first-order valence-corrected chi connectivity index (χ1v) is 6.20. The molecule has 0 unspecified atom stereocenters. The summed E-state index contributed by atoms with van der Waals surface area (Å²) in [5.74, 6) is 0.138. The summed E-state index contributed by atoms with van der Waals surface area (Å²) in [5.41, 5.74) is 3.20. The van der Waals surface area contributed by atoms with Crippen molar-refractivity contribution in [2.75, 3.05) is 0 Å². The number of hydrogen-bond donors (Lipinski definition) is 1. The summed E-state index contributed by atoms with van der Waals surface area (Å²) in [6, 6.07) is 5.52. The fourth-order valence-corrected chi connectivity index (χ4v) is 2.51. The zero-order valence-electron chi connectivity index (χ0n) is 9.54. The van der Waals surface area contributed by atoms with E-state index < -0.39 is 0 Å². The standard InChI is InChI=1S/C13H9BrFN3/c1-7-4-8(14)5-11-12(7)18-13(17-11)9-2-3-16-6-10(9)15/h2-6H,1H3,(H,17,18). The largest absolute Gasteiger partial charge is 0.338 e. The van der Waals surface area contributed by atoms with E-state index in [0.717, 1.165) is 21.1 Å². The van der Waals surface area contributed by atoms with E-state index in [1.54, 1.807) is 12.3 Å². The predicted octanol–water partition coefficient (Wildman–Crippen LogP) is 3.83. The van der Waals surface area contributed by atoms with Crippen molar-refractivity contribution >= 4 is 27.0 Å². The minimum atomic E-state index is -0.381. The van der Waals surface area contributed by atoms with Crippen LogP contribution in [0.1, 0.15) is 5.56 Å². The van der Waals surface area contributed by atoms with Gasteiger partial charge in [-0.3, -0.25) is 4.98 Å². The summed E-state index contributed by atoms with van der Waals surface area (Å²) in [7, 11) is 0. The van der Waals surface area contributed by atoms with Gasteiger partial charge in [-0.1, -0.05) is 15.9 Å². The number of H-pyrrole nitrogens is 1. The molecule has 90 valence electrons. The van der Waals surface area contributed by atoms with E-state index in [-0.39, 0.29) is 5.82 Å². The number of hydrogen-bond acceptors (Lipinski definition) is 2. The smallest absolute Gasteiger partial charge is 0.152 e. The van der Waals surface area contributed by atoms with Gasteiger partial charge in [0.05, 0.1) is 22.8 Å². The van der Waals surface area contributed by atoms with Gasteiger partial charge in [-0.15, -0.1) is 0 Å². The van der Waals surface area contributed by atoms with Crippen molar-refractivity contribution in [2.45, 2.75) is 6.92 Å². The number of halogens is 2. The fraction of sp³-hybridized carbons (Fsp3) is 0.0769. The Morgan fingerprint density at radius 2 is 2.17 bits per heavy atom. The number of nitrogens with zero attached hydrogens (tertiary/aromatic N) is 2. The molecule has 0 saturated heterocycles. The van der Waals surface area contributed by atoms with Crippen LogP contribution < -0.4 is 0 Å². The van der Waals surface area contributed by atoms with Gasteiger partial charge in [0.25, 0.3) is 0 Å². The molecule has 0 saturated carbocycles. The average Bonchev–Trinajstić information content (AvgIpc) is 2.73. The summed E-state index contributed by atoms with van der Waals surface area (Å²) < 4.78 is 14.6. The molecule has 1 aromatic carbocycles. The summed E-state index contributed by atoms with van der Waals surface area (Å²) >= 11 is 3.43. The maximum absolute atomic E-state index is 13.7. The van der Waals surface area contributed by atoms with E-state index >= 15 is 0 Å². The fourth-order valence-electron chi connectivity index (χ4n) is 1.94. The molecule has 1 N–H and O–H groups in total. The number of imidazole rings is 1. The highest BCUT2D eigenvalue weighted by Gasteiger charge is 2.11. The Kier molecular flexibility index (Phi) is 2.63. The summed E-state index contributed by atoms with van der Waals surface area (Å²) in [5, 5.41) is 0. The van der Waals surface area contributed by atoms with Crippen molar-refractivity contribution in [3.8, 4) is 11.4 Å². The molecule has 3 aromatic rings. The monoisotopic (exact) mass is 305 g/mol. The number of aryl methyl sites for hydroxylation is 1. The van der Waals surface area contributed by atoms with Gasteiger partial charge in [0.15, 0.2) is 5.82 Å². The van der Waals surface area contributed by atoms with Gasteiger partial charge in [-0.05, 0) is 30.7 Å². The molecule has 3 nitrogen and oxygen atoms in total. The van der Waals surface area contributed by atoms with Crippen molar-refractivity contribution in [3.05, 3.63) is 46.4 Å². The van der Waals surface area contributed by atoms with Crippen LogP contribution in [0, 0.1) is 12.7 Å². The van der Waals surface area contributed by atoms with Gasteiger partial charge in [-0.2, -0.15) is 0 Å². The van der Waals surface area contributed by atoms with Crippen molar-refractivity contribution < 1.29 is 4.39 Å². The van der Waals surface area contributed by atoms with Crippen LogP contribution in [0.4, 0.5) is 4.39 Å². The highest BCUT2D eigenvalue weighted by Crippen LogP contribution is 2.26. The van der Waals surface area contributed by atoms with Gasteiger partial charge >= 0.3 is 0 Å². The second kappa shape index (κ2) is 4.17. The van der Waals surface area contributed by atoms with Crippen LogP contribution in [0.15, 0.2) is 35.1 Å². The van der Waals surface area contributed by atoms with E-state index in [2.05, 4.69) is 30.9 Å². The number of aromatic nitrogens is 3. The topological polar surface area (TPSA) is 41.6 Å². The third-order valence-electron chi connectivity index (χ3n) is 2.77. The van der Waals surface area contributed by atoms with E-state index in [1.165, 1.54) is 6.20 Å². The SMILES string of the molecule is Cc1cc(Br)cc2[nH]c(-c3ccncc3F)nc12. The molecule has 0 amide bonds. The van der Waals surface area contributed by atoms with E-state index in [4.69, 9.17) is 0 Å². The molecule has 0 aliphatic carbocycles. The number of aromatic amines is 1. The minimum absolute atomic E-state index is 0.381. The molecular formula is C13H9BrFN3. The van der Waals surface area contributed by atoms with Crippen LogP contribution in [0.5, 0.6) is 0 Å². The lowest BCUT2D eigenvalue weighted by Gasteiger charge is -1.96. The van der Waals surface area contributed by atoms with Crippen molar-refractivity contribution in [1.82, 2.24) is 15.0 Å². The normalized spacial score (nSPS) is 11.1. The molecule has 0 atom stereocenters. The predicted molar refractivity (Wildman–Crippen MR) is 71.7 cm³/mol. The zero-order chi connectivity index (χ0) is 12.7. The Morgan fingerprint density at radius 3 is 2.94 bits per heavy atom. The molecule has 0 aliphatic rings. The Balaban J connectivity index is 2.26. The number of benzene rings is 1. The van der Waals surface area contributed by atoms with Crippen molar-refractivity contribution in [2.24, 2.45) is 0 Å². The first-order chi connectivity index (χ1) is 8.65. The maximum atomic E-state index is 13.7. The molecule has 2 heterocycles. The zero-order valence-corrected chi connectivity index (χ0v) is 11.1. The highest BCUT2D eigenvalue weighted by atomic mass is 79.9. The van der Waals surface area contributed by atoms with Gasteiger partial charge in [0, 0.05) is 10.7 Å². The number of pyridine rings is 1. The Bertz CT molecular complexity index is 736. The lowest BCUT2D eigenvalue weighted by Crippen LogP contribution is -1.87. The second-order valence-corrected chi connectivity index (χ2v) is 4.98. The van der Waals surface area contributed by atoms with Gasteiger partial charge in [0.1, 0.15) is 5.82 Å². The first-order valence-electron chi connectivity index (χ1n) is 5.41. The van der Waals surface area contributed by atoms with Gasteiger partial charge < -0.3 is 4.98 Å². The van der Waals surface area contributed by atoms with Gasteiger partial charge in [0.2, 0.25) is 0 Å². The number of rotatable bonds is 1. The summed E-state index contributed by atoms with van der Waals surface area (Å²) in [6.07, 6.45) is 2.74. The van der Waals surface area contributed by atoms with E-state index in [0.29, 0.717) is 11.4 Å². The van der Waals surface area contributed by atoms with Crippen LogP contribution in [-0.4, -0.2) is 15.0 Å². The van der Waals surface area contributed by atoms with Crippen LogP contribution in [0.3, 0.4) is 0 Å². The first kappa shape index (κ1) is 11.3. The number of fused-ring (bicyclic) bond motifs is 1. The highest BCUT2D eigenvalue weighted by molar-refractivity contribution is 9.10. The molecule has 5 heteroatoms. The minimum Gasteiger partial charge on any atom is -0.338 e. The molecule has 3 rings (SSSR count). The average molecular weight is 306 g/mol. The molecule has 0 bridgehead atoms. The molecule has 0 radical (unpaired) electrons. The lowest BCUT2D eigenvalue weighted by molar-refractivity contribution is 0.624. The molecule has 0 spiro atoms. The maximum Gasteiger partial charge on any atom is 0.152 e. The van der Waals surface area contributed by atoms with Gasteiger partial charge in [-0.25, -0.2) is 9.37 Å².